The van der Waals surface area contributed by atoms with E-state index < -0.39 is 11.8 Å². The maximum absolute atomic E-state index is 14.4. The molecule has 2 heterocycles. The van der Waals surface area contributed by atoms with Crippen molar-refractivity contribution in [2.45, 2.75) is 43.9 Å². The maximum atomic E-state index is 14.4. The van der Waals surface area contributed by atoms with Crippen LogP contribution in [-0.2, 0) is 5.41 Å². The minimum absolute atomic E-state index is 0.116. The summed E-state index contributed by atoms with van der Waals surface area (Å²) in [5.74, 6) is -0.0150. The van der Waals surface area contributed by atoms with Gasteiger partial charge >= 0.3 is 6.03 Å². The molecule has 2 fully saturated rings. The van der Waals surface area contributed by atoms with Crippen LogP contribution in [0.4, 0.5) is 23.7 Å². The lowest BCUT2D eigenvalue weighted by Gasteiger charge is -2.28. The second-order valence-corrected chi connectivity index (χ2v) is 9.60. The van der Waals surface area contributed by atoms with Crippen molar-refractivity contribution in [2.75, 3.05) is 18.4 Å². The Morgan fingerprint density at radius 1 is 1.24 bits per heavy atom. The standard InChI is InChI=1S/C24H23F3N4OS/c1-14-2-6-17(11-19(14)25)24(22-28-13-29-33-22)8-9-31(12-24)23(32)30-20-10-16(21(26)27)5-7-18(20)15-3-4-15/h2,5-7,10-11,13,15,21H,3-4,8-9,12H2,1H3,(H,30,32)/t24-/m0/s1. The second kappa shape index (κ2) is 8.44. The number of halogens is 3. The van der Waals surface area contributed by atoms with Gasteiger partial charge < -0.3 is 10.2 Å². The van der Waals surface area contributed by atoms with Crippen LogP contribution in [0.5, 0.6) is 0 Å². The van der Waals surface area contributed by atoms with E-state index >= 15 is 0 Å². The number of nitrogens with one attached hydrogen (secondary N) is 1. The van der Waals surface area contributed by atoms with Gasteiger partial charge in [-0.25, -0.2) is 22.9 Å². The number of aryl methyl sites for hydroxylation is 1. The van der Waals surface area contributed by atoms with E-state index in [-0.39, 0.29) is 17.4 Å². The highest BCUT2D eigenvalue weighted by molar-refractivity contribution is 7.05. The first-order chi connectivity index (χ1) is 15.9. The molecular weight excluding hydrogens is 449 g/mol. The lowest BCUT2D eigenvalue weighted by Crippen LogP contribution is -2.37. The Morgan fingerprint density at radius 3 is 2.73 bits per heavy atom. The molecule has 1 saturated heterocycles. The molecule has 172 valence electrons. The minimum Gasteiger partial charge on any atom is -0.323 e. The highest BCUT2D eigenvalue weighted by Crippen LogP contribution is 2.45. The third-order valence-electron chi connectivity index (χ3n) is 6.64. The number of likely N-dealkylation sites (tertiary alicyclic amines) is 1. The van der Waals surface area contributed by atoms with E-state index in [0.29, 0.717) is 36.7 Å². The van der Waals surface area contributed by atoms with E-state index in [4.69, 9.17) is 0 Å². The number of hydrogen-bond acceptors (Lipinski definition) is 4. The quantitative estimate of drug-likeness (QED) is 0.494. The summed E-state index contributed by atoms with van der Waals surface area (Å²) in [7, 11) is 0. The zero-order chi connectivity index (χ0) is 23.2. The first kappa shape index (κ1) is 21.9. The number of urea groups is 1. The number of hydrogen-bond donors (Lipinski definition) is 1. The van der Waals surface area contributed by atoms with Crippen molar-refractivity contribution in [1.29, 1.82) is 0 Å². The Balaban J connectivity index is 1.43. The molecule has 1 aliphatic carbocycles. The van der Waals surface area contributed by atoms with Gasteiger partial charge in [0.05, 0.1) is 5.41 Å². The summed E-state index contributed by atoms with van der Waals surface area (Å²) in [6.07, 6.45) is 1.39. The molecule has 2 aliphatic rings. The van der Waals surface area contributed by atoms with Gasteiger partial charge in [-0.1, -0.05) is 24.3 Å². The van der Waals surface area contributed by atoms with E-state index in [9.17, 15) is 18.0 Å². The fourth-order valence-electron chi connectivity index (χ4n) is 4.55. The predicted octanol–water partition coefficient (Wildman–Crippen LogP) is 6.02. The summed E-state index contributed by atoms with van der Waals surface area (Å²) in [6, 6.07) is 9.25. The van der Waals surface area contributed by atoms with Crippen LogP contribution in [0.15, 0.2) is 42.7 Å². The van der Waals surface area contributed by atoms with Crippen LogP contribution < -0.4 is 5.32 Å². The van der Waals surface area contributed by atoms with Gasteiger partial charge in [0.25, 0.3) is 6.43 Å². The minimum atomic E-state index is -2.61. The van der Waals surface area contributed by atoms with Crippen LogP contribution in [0, 0.1) is 12.7 Å². The highest BCUT2D eigenvalue weighted by Gasteiger charge is 2.45. The molecule has 5 nitrogen and oxygen atoms in total. The van der Waals surface area contributed by atoms with E-state index in [1.807, 2.05) is 6.07 Å². The SMILES string of the molecule is Cc1ccc([C@]2(c3ncns3)CCN(C(=O)Nc3cc(C(F)F)ccc3C3CC3)C2)cc1F. The van der Waals surface area contributed by atoms with Crippen LogP contribution in [0.3, 0.4) is 0 Å². The smallest absolute Gasteiger partial charge is 0.321 e. The molecule has 1 atom stereocenters. The van der Waals surface area contributed by atoms with Crippen LogP contribution in [0.1, 0.15) is 58.9 Å². The Morgan fingerprint density at radius 2 is 2.06 bits per heavy atom. The molecule has 1 saturated carbocycles. The molecule has 1 aromatic heterocycles. The Labute approximate surface area is 193 Å². The number of aromatic nitrogens is 2. The lowest BCUT2D eigenvalue weighted by molar-refractivity contribution is 0.151. The molecule has 2 amide bonds. The molecule has 3 aromatic rings. The van der Waals surface area contributed by atoms with Gasteiger partial charge in [-0.05, 0) is 72.5 Å². The molecule has 5 rings (SSSR count). The fourth-order valence-corrected chi connectivity index (χ4v) is 5.30. The Bertz CT molecular complexity index is 1180. The number of carbonyl (C=O) groups excluding carboxylic acids is 1. The van der Waals surface area contributed by atoms with Crippen molar-refractivity contribution in [3.05, 3.63) is 75.8 Å². The summed E-state index contributed by atoms with van der Waals surface area (Å²) in [6.45, 7) is 2.42. The summed E-state index contributed by atoms with van der Waals surface area (Å²) < 4.78 is 45.1. The molecule has 0 radical (unpaired) electrons. The molecule has 0 unspecified atom stereocenters. The number of amides is 2. The number of rotatable bonds is 5. The summed E-state index contributed by atoms with van der Waals surface area (Å²) >= 11 is 1.24. The third kappa shape index (κ3) is 4.10. The van der Waals surface area contributed by atoms with Gasteiger partial charge in [-0.3, -0.25) is 0 Å². The average Bonchev–Trinajstić information content (AvgIpc) is 3.29. The van der Waals surface area contributed by atoms with Crippen LogP contribution in [-0.4, -0.2) is 33.4 Å². The monoisotopic (exact) mass is 472 g/mol. The number of benzene rings is 2. The zero-order valence-corrected chi connectivity index (χ0v) is 18.8. The summed E-state index contributed by atoms with van der Waals surface area (Å²) in [5.41, 5.74) is 1.84. The summed E-state index contributed by atoms with van der Waals surface area (Å²) in [4.78, 5) is 19.3. The molecule has 33 heavy (non-hydrogen) atoms. The van der Waals surface area contributed by atoms with Crippen LogP contribution in [0.25, 0.3) is 0 Å². The Kier molecular flexibility index (Phi) is 5.60. The molecule has 0 bridgehead atoms. The van der Waals surface area contributed by atoms with Gasteiger partial charge in [0.15, 0.2) is 0 Å². The van der Waals surface area contributed by atoms with Crippen LogP contribution in [0.2, 0.25) is 0 Å². The highest BCUT2D eigenvalue weighted by atomic mass is 32.1. The first-order valence-electron chi connectivity index (χ1n) is 10.9. The maximum Gasteiger partial charge on any atom is 0.321 e. The summed E-state index contributed by atoms with van der Waals surface area (Å²) in [5, 5.41) is 3.59. The first-order valence-corrected chi connectivity index (χ1v) is 11.7. The van der Waals surface area contributed by atoms with E-state index in [0.717, 1.165) is 29.0 Å². The van der Waals surface area contributed by atoms with Crippen molar-refractivity contribution in [3.63, 3.8) is 0 Å². The molecule has 1 aliphatic heterocycles. The van der Waals surface area contributed by atoms with E-state index in [2.05, 4.69) is 14.7 Å². The predicted molar refractivity (Wildman–Crippen MR) is 120 cm³/mol. The van der Waals surface area contributed by atoms with Crippen molar-refractivity contribution in [3.8, 4) is 0 Å². The fraction of sp³-hybridized carbons (Fsp3) is 0.375. The molecule has 2 aromatic carbocycles. The number of carbonyl (C=O) groups is 1. The molecule has 9 heteroatoms. The van der Waals surface area contributed by atoms with E-state index in [1.54, 1.807) is 24.0 Å². The van der Waals surface area contributed by atoms with Gasteiger partial charge in [-0.2, -0.15) is 4.37 Å². The Hall–Kier alpha value is -2.94. The van der Waals surface area contributed by atoms with Crippen molar-refractivity contribution >= 4 is 23.3 Å². The van der Waals surface area contributed by atoms with Gasteiger partial charge in [0, 0.05) is 24.3 Å². The molecule has 0 spiro atoms. The normalized spacial score (nSPS) is 20.5. The largest absolute Gasteiger partial charge is 0.323 e. The second-order valence-electron chi connectivity index (χ2n) is 8.82. The number of alkyl halides is 2. The van der Waals surface area contributed by atoms with Gasteiger partial charge in [-0.15, -0.1) is 0 Å². The zero-order valence-electron chi connectivity index (χ0n) is 18.0. The number of nitrogens with zero attached hydrogens (tertiary/aromatic N) is 3. The van der Waals surface area contributed by atoms with Crippen LogP contribution >= 0.6 is 11.5 Å². The van der Waals surface area contributed by atoms with Gasteiger partial charge in [0.1, 0.15) is 17.2 Å². The molecule has 1 N–H and O–H groups in total. The topological polar surface area (TPSA) is 58.1 Å². The average molecular weight is 473 g/mol. The van der Waals surface area contributed by atoms with Gasteiger partial charge in [0.2, 0.25) is 0 Å². The molecular formula is C24H23F3N4OS. The number of anilines is 1. The van der Waals surface area contributed by atoms with Crippen molar-refractivity contribution in [1.82, 2.24) is 14.3 Å². The van der Waals surface area contributed by atoms with Crippen molar-refractivity contribution in [2.24, 2.45) is 0 Å². The van der Waals surface area contributed by atoms with E-state index in [1.165, 1.54) is 36.1 Å². The third-order valence-corrected chi connectivity index (χ3v) is 7.51. The van der Waals surface area contributed by atoms with Crippen molar-refractivity contribution < 1.29 is 18.0 Å². The lowest BCUT2D eigenvalue weighted by atomic mass is 9.80.